The minimum Gasteiger partial charge on any atom is -0.356 e. The van der Waals surface area contributed by atoms with Crippen molar-refractivity contribution in [3.05, 3.63) is 18.1 Å². The molecule has 0 bridgehead atoms. The predicted octanol–water partition coefficient (Wildman–Crippen LogP) is 2.27. The molecule has 1 aromatic rings. The summed E-state index contributed by atoms with van der Waals surface area (Å²) in [5.41, 5.74) is 1.08. The standard InChI is InChI=1S/C17H26N4OS/c1-2-14-10-16(19-12-18-14)21-7-5-15(6-8-21)20-17(22)13-4-3-9-23-11-13/h10,12-13,15H,2-9,11H2,1H3,(H,20,22). The van der Waals surface area contributed by atoms with Gasteiger partial charge in [-0.25, -0.2) is 9.97 Å². The van der Waals surface area contributed by atoms with Gasteiger partial charge in [0.15, 0.2) is 0 Å². The number of anilines is 1. The third-order valence-electron chi connectivity index (χ3n) is 4.77. The van der Waals surface area contributed by atoms with Crippen LogP contribution in [0.15, 0.2) is 12.4 Å². The van der Waals surface area contributed by atoms with Gasteiger partial charge in [-0.05, 0) is 37.9 Å². The van der Waals surface area contributed by atoms with E-state index in [1.807, 2.05) is 11.8 Å². The molecule has 0 aromatic carbocycles. The molecular formula is C17H26N4OS. The van der Waals surface area contributed by atoms with E-state index in [2.05, 4.69) is 33.2 Å². The number of nitrogens with one attached hydrogen (secondary N) is 1. The predicted molar refractivity (Wildman–Crippen MR) is 94.8 cm³/mol. The molecule has 5 nitrogen and oxygen atoms in total. The van der Waals surface area contributed by atoms with Crippen molar-refractivity contribution >= 4 is 23.5 Å². The van der Waals surface area contributed by atoms with Crippen molar-refractivity contribution in [1.82, 2.24) is 15.3 Å². The van der Waals surface area contributed by atoms with Crippen molar-refractivity contribution in [3.63, 3.8) is 0 Å². The van der Waals surface area contributed by atoms with Crippen molar-refractivity contribution in [3.8, 4) is 0 Å². The fourth-order valence-electron chi connectivity index (χ4n) is 3.27. The normalized spacial score (nSPS) is 22.8. The van der Waals surface area contributed by atoms with Gasteiger partial charge in [-0.1, -0.05) is 6.92 Å². The van der Waals surface area contributed by atoms with Gasteiger partial charge in [0.25, 0.3) is 0 Å². The smallest absolute Gasteiger partial charge is 0.224 e. The molecule has 1 unspecified atom stereocenters. The van der Waals surface area contributed by atoms with Gasteiger partial charge in [-0.3, -0.25) is 4.79 Å². The van der Waals surface area contributed by atoms with Crippen LogP contribution in [-0.4, -0.2) is 46.5 Å². The van der Waals surface area contributed by atoms with Gasteiger partial charge in [0.05, 0.1) is 0 Å². The average molecular weight is 334 g/mol. The first-order chi connectivity index (χ1) is 11.3. The van der Waals surface area contributed by atoms with Crippen molar-refractivity contribution in [2.45, 2.75) is 45.1 Å². The number of thioether (sulfide) groups is 1. The van der Waals surface area contributed by atoms with Crippen LogP contribution in [0.4, 0.5) is 5.82 Å². The number of aromatic nitrogens is 2. The molecule has 1 amide bonds. The second-order valence-electron chi connectivity index (χ2n) is 6.41. The molecule has 1 N–H and O–H groups in total. The zero-order valence-corrected chi connectivity index (χ0v) is 14.6. The largest absolute Gasteiger partial charge is 0.356 e. The molecule has 3 rings (SSSR count). The van der Waals surface area contributed by atoms with E-state index < -0.39 is 0 Å². The van der Waals surface area contributed by atoms with E-state index in [4.69, 9.17) is 0 Å². The van der Waals surface area contributed by atoms with Crippen LogP contribution < -0.4 is 10.2 Å². The van der Waals surface area contributed by atoms with Gasteiger partial charge in [-0.15, -0.1) is 0 Å². The Balaban J connectivity index is 1.49. The van der Waals surface area contributed by atoms with Crippen LogP contribution in [0.2, 0.25) is 0 Å². The number of nitrogens with zero attached hydrogens (tertiary/aromatic N) is 3. The summed E-state index contributed by atoms with van der Waals surface area (Å²) in [6.45, 7) is 4.01. The quantitative estimate of drug-likeness (QED) is 0.915. The van der Waals surface area contributed by atoms with E-state index in [0.29, 0.717) is 6.04 Å². The summed E-state index contributed by atoms with van der Waals surface area (Å²) in [6.07, 6.45) is 6.81. The fourth-order valence-corrected chi connectivity index (χ4v) is 4.41. The van der Waals surface area contributed by atoms with Gasteiger partial charge in [-0.2, -0.15) is 11.8 Å². The van der Waals surface area contributed by atoms with Crippen molar-refractivity contribution in [2.75, 3.05) is 29.5 Å². The number of rotatable bonds is 4. The van der Waals surface area contributed by atoms with Crippen LogP contribution in [0, 0.1) is 5.92 Å². The molecule has 126 valence electrons. The van der Waals surface area contributed by atoms with Gasteiger partial charge in [0, 0.05) is 42.6 Å². The number of carbonyl (C=O) groups excluding carboxylic acids is 1. The van der Waals surface area contributed by atoms with Crippen LogP contribution in [0.25, 0.3) is 0 Å². The Morgan fingerprint density at radius 2 is 2.17 bits per heavy atom. The Kier molecular flexibility index (Phi) is 5.75. The topological polar surface area (TPSA) is 58.1 Å². The summed E-state index contributed by atoms with van der Waals surface area (Å²) in [6, 6.07) is 2.40. The maximum atomic E-state index is 12.3. The number of hydrogen-bond donors (Lipinski definition) is 1. The van der Waals surface area contributed by atoms with E-state index in [1.54, 1.807) is 6.33 Å². The first-order valence-electron chi connectivity index (χ1n) is 8.70. The molecule has 6 heteroatoms. The molecule has 0 saturated carbocycles. The maximum absolute atomic E-state index is 12.3. The molecule has 1 atom stereocenters. The van der Waals surface area contributed by atoms with Gasteiger partial charge in [0.2, 0.25) is 5.91 Å². The van der Waals surface area contributed by atoms with E-state index in [-0.39, 0.29) is 11.8 Å². The maximum Gasteiger partial charge on any atom is 0.224 e. The molecule has 2 saturated heterocycles. The Hall–Kier alpha value is -1.30. The highest BCUT2D eigenvalue weighted by atomic mass is 32.2. The van der Waals surface area contributed by atoms with E-state index in [0.717, 1.165) is 56.0 Å². The highest BCUT2D eigenvalue weighted by Crippen LogP contribution is 2.24. The highest BCUT2D eigenvalue weighted by molar-refractivity contribution is 7.99. The monoisotopic (exact) mass is 334 g/mol. The van der Waals surface area contributed by atoms with Crippen LogP contribution in [0.5, 0.6) is 0 Å². The lowest BCUT2D eigenvalue weighted by Crippen LogP contribution is -2.47. The average Bonchev–Trinajstić information content (AvgIpc) is 2.63. The molecule has 2 aliphatic rings. The summed E-state index contributed by atoms with van der Waals surface area (Å²) in [5.74, 6) is 3.71. The second kappa shape index (κ2) is 7.99. The highest BCUT2D eigenvalue weighted by Gasteiger charge is 2.26. The SMILES string of the molecule is CCc1cc(N2CCC(NC(=O)C3CCCSC3)CC2)ncn1. The first-order valence-corrected chi connectivity index (χ1v) is 9.85. The Labute approximate surface area is 142 Å². The van der Waals surface area contributed by atoms with E-state index in [1.165, 1.54) is 12.2 Å². The third kappa shape index (κ3) is 4.37. The summed E-state index contributed by atoms with van der Waals surface area (Å²) in [5, 5.41) is 3.27. The van der Waals surface area contributed by atoms with Crippen LogP contribution in [0.1, 0.15) is 38.3 Å². The van der Waals surface area contributed by atoms with Gasteiger partial charge >= 0.3 is 0 Å². The molecule has 1 aromatic heterocycles. The third-order valence-corrected chi connectivity index (χ3v) is 5.98. The lowest BCUT2D eigenvalue weighted by molar-refractivity contribution is -0.125. The summed E-state index contributed by atoms with van der Waals surface area (Å²) in [7, 11) is 0. The molecule has 0 aliphatic carbocycles. The summed E-state index contributed by atoms with van der Waals surface area (Å²) >= 11 is 1.91. The Morgan fingerprint density at radius 1 is 1.35 bits per heavy atom. The zero-order valence-electron chi connectivity index (χ0n) is 13.8. The van der Waals surface area contributed by atoms with Crippen molar-refractivity contribution in [1.29, 1.82) is 0 Å². The number of amides is 1. The van der Waals surface area contributed by atoms with Crippen molar-refractivity contribution in [2.24, 2.45) is 5.92 Å². The summed E-state index contributed by atoms with van der Waals surface area (Å²) < 4.78 is 0. The minimum absolute atomic E-state index is 0.223. The fraction of sp³-hybridized carbons (Fsp3) is 0.706. The molecule has 0 spiro atoms. The molecule has 0 radical (unpaired) electrons. The Morgan fingerprint density at radius 3 is 2.87 bits per heavy atom. The molecule has 2 fully saturated rings. The number of piperidine rings is 1. The second-order valence-corrected chi connectivity index (χ2v) is 7.55. The molecule has 2 aliphatic heterocycles. The van der Waals surface area contributed by atoms with E-state index >= 15 is 0 Å². The number of carbonyl (C=O) groups is 1. The number of aryl methyl sites for hydroxylation is 1. The van der Waals surface area contributed by atoms with Gasteiger partial charge in [0.1, 0.15) is 12.1 Å². The van der Waals surface area contributed by atoms with E-state index in [9.17, 15) is 4.79 Å². The lowest BCUT2D eigenvalue weighted by atomic mass is 10.0. The Bertz CT molecular complexity index is 525. The zero-order chi connectivity index (χ0) is 16.1. The number of hydrogen-bond acceptors (Lipinski definition) is 5. The lowest BCUT2D eigenvalue weighted by Gasteiger charge is -2.34. The molecular weight excluding hydrogens is 308 g/mol. The molecule has 3 heterocycles. The van der Waals surface area contributed by atoms with Crippen molar-refractivity contribution < 1.29 is 4.79 Å². The van der Waals surface area contributed by atoms with Crippen LogP contribution in [-0.2, 0) is 11.2 Å². The van der Waals surface area contributed by atoms with Crippen LogP contribution in [0.3, 0.4) is 0 Å². The van der Waals surface area contributed by atoms with Gasteiger partial charge < -0.3 is 10.2 Å². The van der Waals surface area contributed by atoms with Crippen LogP contribution >= 0.6 is 11.8 Å². The summed E-state index contributed by atoms with van der Waals surface area (Å²) in [4.78, 5) is 23.3. The minimum atomic E-state index is 0.223. The molecule has 23 heavy (non-hydrogen) atoms. The first kappa shape index (κ1) is 16.6.